The molecule has 0 bridgehead atoms. The van der Waals surface area contributed by atoms with Crippen LogP contribution >= 0.6 is 0 Å². The molecule has 0 aliphatic carbocycles. The number of carbonyl (C=O) groups is 1. The number of urea groups is 1. The quantitative estimate of drug-likeness (QED) is 0.660. The minimum absolute atomic E-state index is 0.000954. The largest absolute Gasteiger partial charge is 0.323 e. The Morgan fingerprint density at radius 1 is 0.957 bits per heavy atom. The van der Waals surface area contributed by atoms with E-state index in [0.717, 1.165) is 24.3 Å². The standard InChI is InChI=1S/C13H9FN4O5/c14-11-5-4-9(7-12(11)18(22)23)16-13(19)15-8-2-1-3-10(6-8)17(20)21/h1-7H,(H2,15,16,19). The molecule has 0 aromatic heterocycles. The molecule has 0 heterocycles. The third-order valence-electron chi connectivity index (χ3n) is 2.72. The van der Waals surface area contributed by atoms with Crippen LogP contribution in [0.2, 0.25) is 0 Å². The van der Waals surface area contributed by atoms with Gasteiger partial charge in [0.1, 0.15) is 0 Å². The zero-order chi connectivity index (χ0) is 17.0. The number of hydrogen-bond donors (Lipinski definition) is 2. The van der Waals surface area contributed by atoms with Gasteiger partial charge in [0.05, 0.1) is 9.85 Å². The summed E-state index contributed by atoms with van der Waals surface area (Å²) < 4.78 is 13.2. The van der Waals surface area contributed by atoms with Gasteiger partial charge >= 0.3 is 11.7 Å². The zero-order valence-corrected chi connectivity index (χ0v) is 11.4. The van der Waals surface area contributed by atoms with E-state index in [1.807, 2.05) is 0 Å². The summed E-state index contributed by atoms with van der Waals surface area (Å²) in [6.45, 7) is 0. The molecule has 10 heteroatoms. The van der Waals surface area contributed by atoms with Gasteiger partial charge in [-0.15, -0.1) is 0 Å². The van der Waals surface area contributed by atoms with Gasteiger partial charge in [-0.1, -0.05) is 6.07 Å². The second-order valence-electron chi connectivity index (χ2n) is 4.31. The van der Waals surface area contributed by atoms with Crippen molar-refractivity contribution < 1.29 is 19.0 Å². The maximum absolute atomic E-state index is 13.2. The van der Waals surface area contributed by atoms with Gasteiger partial charge in [-0.25, -0.2) is 4.79 Å². The minimum Gasteiger partial charge on any atom is -0.307 e. The van der Waals surface area contributed by atoms with Gasteiger partial charge in [0.2, 0.25) is 5.82 Å². The molecule has 23 heavy (non-hydrogen) atoms. The first-order valence-electron chi connectivity index (χ1n) is 6.13. The van der Waals surface area contributed by atoms with Crippen LogP contribution in [0.3, 0.4) is 0 Å². The topological polar surface area (TPSA) is 127 Å². The number of nitrogens with one attached hydrogen (secondary N) is 2. The van der Waals surface area contributed by atoms with Gasteiger partial charge in [0, 0.05) is 29.6 Å². The Morgan fingerprint density at radius 2 is 1.61 bits per heavy atom. The van der Waals surface area contributed by atoms with Crippen LogP contribution in [-0.4, -0.2) is 15.9 Å². The number of nitro benzene ring substituents is 2. The lowest BCUT2D eigenvalue weighted by Gasteiger charge is -2.07. The Kier molecular flexibility index (Phi) is 4.45. The summed E-state index contributed by atoms with van der Waals surface area (Å²) in [4.78, 5) is 31.5. The smallest absolute Gasteiger partial charge is 0.307 e. The van der Waals surface area contributed by atoms with E-state index in [9.17, 15) is 29.4 Å². The average molecular weight is 320 g/mol. The molecule has 118 valence electrons. The van der Waals surface area contributed by atoms with Crippen LogP contribution in [0.15, 0.2) is 42.5 Å². The summed E-state index contributed by atoms with van der Waals surface area (Å²) in [5.41, 5.74) is -0.826. The monoisotopic (exact) mass is 320 g/mol. The molecule has 0 saturated heterocycles. The SMILES string of the molecule is O=C(Nc1cccc([N+](=O)[O-])c1)Nc1ccc(F)c([N+](=O)[O-])c1. The van der Waals surface area contributed by atoms with Gasteiger partial charge < -0.3 is 10.6 Å². The highest BCUT2D eigenvalue weighted by Gasteiger charge is 2.15. The Morgan fingerprint density at radius 3 is 2.22 bits per heavy atom. The summed E-state index contributed by atoms with van der Waals surface area (Å²) in [7, 11) is 0. The van der Waals surface area contributed by atoms with Crippen molar-refractivity contribution in [2.24, 2.45) is 0 Å². The molecular weight excluding hydrogens is 311 g/mol. The first-order chi connectivity index (χ1) is 10.9. The van der Waals surface area contributed by atoms with E-state index < -0.39 is 27.4 Å². The van der Waals surface area contributed by atoms with Crippen molar-refractivity contribution in [3.8, 4) is 0 Å². The lowest BCUT2D eigenvalue weighted by Crippen LogP contribution is -2.19. The van der Waals surface area contributed by atoms with Crippen LogP contribution in [0.5, 0.6) is 0 Å². The van der Waals surface area contributed by atoms with Gasteiger partial charge in [-0.05, 0) is 18.2 Å². The number of amides is 2. The first-order valence-corrected chi connectivity index (χ1v) is 6.13. The lowest BCUT2D eigenvalue weighted by atomic mass is 10.2. The van der Waals surface area contributed by atoms with E-state index in [1.54, 1.807) is 0 Å². The van der Waals surface area contributed by atoms with Gasteiger partial charge in [-0.2, -0.15) is 4.39 Å². The van der Waals surface area contributed by atoms with Crippen LogP contribution in [0, 0.1) is 26.0 Å². The first kappa shape index (κ1) is 15.8. The Labute approximate surface area is 128 Å². The lowest BCUT2D eigenvalue weighted by molar-refractivity contribution is -0.387. The van der Waals surface area contributed by atoms with E-state index in [-0.39, 0.29) is 17.1 Å². The molecule has 2 amide bonds. The highest BCUT2D eigenvalue weighted by atomic mass is 19.1. The number of nitrogens with zero attached hydrogens (tertiary/aromatic N) is 2. The second kappa shape index (κ2) is 6.47. The van der Waals surface area contributed by atoms with Crippen LogP contribution in [-0.2, 0) is 0 Å². The molecule has 0 unspecified atom stereocenters. The fourth-order valence-corrected chi connectivity index (χ4v) is 1.72. The number of hydrogen-bond acceptors (Lipinski definition) is 5. The van der Waals surface area contributed by atoms with Crippen molar-refractivity contribution in [2.75, 3.05) is 10.6 Å². The van der Waals surface area contributed by atoms with Crippen molar-refractivity contribution >= 4 is 28.8 Å². The molecule has 0 atom stereocenters. The molecule has 0 fully saturated rings. The maximum Gasteiger partial charge on any atom is 0.323 e. The number of benzene rings is 2. The number of halogens is 1. The van der Waals surface area contributed by atoms with Crippen molar-refractivity contribution in [1.29, 1.82) is 0 Å². The molecule has 0 radical (unpaired) electrons. The van der Waals surface area contributed by atoms with E-state index in [0.29, 0.717) is 0 Å². The van der Waals surface area contributed by atoms with Gasteiger partial charge in [0.25, 0.3) is 5.69 Å². The number of rotatable bonds is 4. The van der Waals surface area contributed by atoms with Gasteiger partial charge in [-0.3, -0.25) is 20.2 Å². The molecular formula is C13H9FN4O5. The summed E-state index contributed by atoms with van der Waals surface area (Å²) in [6.07, 6.45) is 0. The van der Waals surface area contributed by atoms with E-state index in [1.165, 1.54) is 18.2 Å². The van der Waals surface area contributed by atoms with Crippen LogP contribution in [0.1, 0.15) is 0 Å². The number of carbonyl (C=O) groups excluding carboxylic acids is 1. The highest BCUT2D eigenvalue weighted by Crippen LogP contribution is 2.22. The summed E-state index contributed by atoms with van der Waals surface area (Å²) in [5.74, 6) is -1.03. The van der Waals surface area contributed by atoms with Crippen molar-refractivity contribution in [1.82, 2.24) is 0 Å². The Hall–Kier alpha value is -3.56. The highest BCUT2D eigenvalue weighted by molar-refractivity contribution is 6.00. The number of non-ortho nitro benzene ring substituents is 1. The van der Waals surface area contributed by atoms with Crippen molar-refractivity contribution in [3.63, 3.8) is 0 Å². The molecule has 0 spiro atoms. The van der Waals surface area contributed by atoms with Crippen LogP contribution in [0.4, 0.5) is 31.9 Å². The summed E-state index contributed by atoms with van der Waals surface area (Å²) in [5, 5.41) is 25.9. The van der Waals surface area contributed by atoms with Crippen LogP contribution in [0.25, 0.3) is 0 Å². The van der Waals surface area contributed by atoms with E-state index in [4.69, 9.17) is 0 Å². The molecule has 2 aromatic rings. The predicted octanol–water partition coefficient (Wildman–Crippen LogP) is 3.29. The molecule has 2 aromatic carbocycles. The molecule has 2 N–H and O–H groups in total. The second-order valence-corrected chi connectivity index (χ2v) is 4.31. The van der Waals surface area contributed by atoms with Crippen molar-refractivity contribution in [3.05, 3.63) is 68.5 Å². The number of nitro groups is 2. The van der Waals surface area contributed by atoms with Gasteiger partial charge in [0.15, 0.2) is 0 Å². The predicted molar refractivity (Wildman–Crippen MR) is 78.8 cm³/mol. The summed E-state index contributed by atoms with van der Waals surface area (Å²) in [6, 6.07) is 7.29. The van der Waals surface area contributed by atoms with Crippen molar-refractivity contribution in [2.45, 2.75) is 0 Å². The Bertz CT molecular complexity index is 796. The number of anilines is 2. The van der Waals surface area contributed by atoms with E-state index >= 15 is 0 Å². The molecule has 0 saturated carbocycles. The molecule has 9 nitrogen and oxygen atoms in total. The molecule has 2 rings (SSSR count). The summed E-state index contributed by atoms with van der Waals surface area (Å²) >= 11 is 0. The fourth-order valence-electron chi connectivity index (χ4n) is 1.72. The molecule has 0 aliphatic heterocycles. The average Bonchev–Trinajstić information content (AvgIpc) is 2.49. The Balaban J connectivity index is 2.11. The van der Waals surface area contributed by atoms with Crippen LogP contribution < -0.4 is 10.6 Å². The zero-order valence-electron chi connectivity index (χ0n) is 11.4. The fraction of sp³-hybridized carbons (Fsp3) is 0. The normalized spacial score (nSPS) is 9.96. The minimum atomic E-state index is -1.03. The third kappa shape index (κ3) is 3.97. The van der Waals surface area contributed by atoms with E-state index in [2.05, 4.69) is 10.6 Å². The maximum atomic E-state index is 13.2. The molecule has 0 aliphatic rings. The third-order valence-corrected chi connectivity index (χ3v) is 2.72.